The first-order valence-corrected chi connectivity index (χ1v) is 7.09. The average Bonchev–Trinajstić information content (AvgIpc) is 2.77. The van der Waals surface area contributed by atoms with Crippen molar-refractivity contribution in [1.29, 1.82) is 0 Å². The van der Waals surface area contributed by atoms with E-state index in [1.54, 1.807) is 0 Å². The van der Waals surface area contributed by atoms with Crippen molar-refractivity contribution in [3.05, 3.63) is 51.7 Å². The zero-order valence-corrected chi connectivity index (χ0v) is 12.2. The van der Waals surface area contributed by atoms with Gasteiger partial charge in [0, 0.05) is 24.0 Å². The molecule has 0 radical (unpaired) electrons. The zero-order chi connectivity index (χ0) is 13.4. The quantitative estimate of drug-likeness (QED) is 0.886. The number of nitrogens with two attached hydrogens (primary N) is 1. The number of hydrogen-bond donors (Lipinski definition) is 2. The van der Waals surface area contributed by atoms with E-state index >= 15 is 0 Å². The molecule has 2 aromatic rings. The van der Waals surface area contributed by atoms with Crippen LogP contribution in [0, 0.1) is 6.92 Å². The lowest BCUT2D eigenvalue weighted by atomic mass is 10.1. The summed E-state index contributed by atoms with van der Waals surface area (Å²) in [5.41, 5.74) is 8.79. The molecule has 2 nitrogen and oxygen atoms in total. The van der Waals surface area contributed by atoms with E-state index in [-0.39, 0.29) is 0 Å². The van der Waals surface area contributed by atoms with Crippen LogP contribution in [-0.2, 0) is 6.42 Å². The molecule has 0 unspecified atom stereocenters. The maximum absolute atomic E-state index is 4.85. The van der Waals surface area contributed by atoms with Gasteiger partial charge in [-0.3, -0.25) is 0 Å². The normalized spacial score (nSPS) is 9.56. The summed E-state index contributed by atoms with van der Waals surface area (Å²) in [6, 6.07) is 10.8. The Kier molecular flexibility index (Phi) is 6.47. The van der Waals surface area contributed by atoms with Crippen molar-refractivity contribution in [2.75, 3.05) is 18.9 Å². The predicted molar refractivity (Wildman–Crippen MR) is 82.6 cm³/mol. The molecule has 0 amide bonds. The SMILES string of the molecule is CCN.CNc1ccc(Cc2sccc2C)cc1. The van der Waals surface area contributed by atoms with E-state index in [1.807, 2.05) is 25.3 Å². The molecule has 0 bridgehead atoms. The van der Waals surface area contributed by atoms with Gasteiger partial charge in [0.25, 0.3) is 0 Å². The third-order valence-corrected chi connectivity index (χ3v) is 3.60. The van der Waals surface area contributed by atoms with Crippen molar-refractivity contribution in [3.8, 4) is 0 Å². The first kappa shape index (κ1) is 14.7. The van der Waals surface area contributed by atoms with Crippen LogP contribution < -0.4 is 11.1 Å². The van der Waals surface area contributed by atoms with Gasteiger partial charge in [0.05, 0.1) is 0 Å². The summed E-state index contributed by atoms with van der Waals surface area (Å²) >= 11 is 1.84. The minimum Gasteiger partial charge on any atom is -0.388 e. The fourth-order valence-corrected chi connectivity index (χ4v) is 2.50. The van der Waals surface area contributed by atoms with Gasteiger partial charge in [-0.15, -0.1) is 11.3 Å². The third-order valence-electron chi connectivity index (χ3n) is 2.58. The maximum Gasteiger partial charge on any atom is 0.0337 e. The number of nitrogens with one attached hydrogen (secondary N) is 1. The van der Waals surface area contributed by atoms with Gasteiger partial charge < -0.3 is 11.1 Å². The second-order valence-electron chi connectivity index (χ2n) is 4.06. The fraction of sp³-hybridized carbons (Fsp3) is 0.333. The molecule has 0 spiro atoms. The van der Waals surface area contributed by atoms with Crippen molar-refractivity contribution in [2.45, 2.75) is 20.3 Å². The lowest BCUT2D eigenvalue weighted by Crippen LogP contribution is -1.90. The summed E-state index contributed by atoms with van der Waals surface area (Å²) in [6.07, 6.45) is 1.05. The number of anilines is 1. The predicted octanol–water partition coefficient (Wildman–Crippen LogP) is 3.65. The Morgan fingerprint density at radius 1 is 1.17 bits per heavy atom. The number of benzene rings is 1. The van der Waals surface area contributed by atoms with Crippen LogP contribution in [0.15, 0.2) is 35.7 Å². The second kappa shape index (κ2) is 7.90. The van der Waals surface area contributed by atoms with Crippen molar-refractivity contribution < 1.29 is 0 Å². The molecule has 0 aliphatic carbocycles. The topological polar surface area (TPSA) is 38.0 Å². The van der Waals surface area contributed by atoms with Gasteiger partial charge in [0.1, 0.15) is 0 Å². The van der Waals surface area contributed by atoms with Crippen molar-refractivity contribution in [2.24, 2.45) is 5.73 Å². The molecule has 98 valence electrons. The van der Waals surface area contributed by atoms with E-state index in [9.17, 15) is 0 Å². The molecule has 18 heavy (non-hydrogen) atoms. The van der Waals surface area contributed by atoms with Crippen molar-refractivity contribution in [1.82, 2.24) is 0 Å². The average molecular weight is 262 g/mol. The molecule has 2 rings (SSSR count). The van der Waals surface area contributed by atoms with Crippen LogP contribution >= 0.6 is 11.3 Å². The van der Waals surface area contributed by atoms with Crippen LogP contribution in [0.1, 0.15) is 22.9 Å². The lowest BCUT2D eigenvalue weighted by molar-refractivity contribution is 1.14. The minimum absolute atomic E-state index is 0.750. The summed E-state index contributed by atoms with van der Waals surface area (Å²) in [6.45, 7) is 4.83. The number of hydrogen-bond acceptors (Lipinski definition) is 3. The number of aryl methyl sites for hydroxylation is 1. The largest absolute Gasteiger partial charge is 0.388 e. The molecule has 0 saturated carbocycles. The standard InChI is InChI=1S/C13H15NS.C2H7N/c1-10-7-8-15-13(10)9-11-3-5-12(14-2)6-4-11;1-2-3/h3-8,14H,9H2,1-2H3;2-3H2,1H3. The van der Waals surface area contributed by atoms with Crippen LogP contribution in [0.25, 0.3) is 0 Å². The monoisotopic (exact) mass is 262 g/mol. The summed E-state index contributed by atoms with van der Waals surface area (Å²) in [5, 5.41) is 5.29. The van der Waals surface area contributed by atoms with Crippen LogP contribution in [0.4, 0.5) is 5.69 Å². The van der Waals surface area contributed by atoms with E-state index in [0.717, 1.165) is 13.0 Å². The van der Waals surface area contributed by atoms with E-state index in [4.69, 9.17) is 5.73 Å². The Balaban J connectivity index is 0.000000492. The van der Waals surface area contributed by atoms with E-state index in [2.05, 4.69) is 48.0 Å². The van der Waals surface area contributed by atoms with Gasteiger partial charge in [0.2, 0.25) is 0 Å². The van der Waals surface area contributed by atoms with E-state index in [0.29, 0.717) is 0 Å². The summed E-state index contributed by atoms with van der Waals surface area (Å²) in [5.74, 6) is 0. The van der Waals surface area contributed by atoms with E-state index in [1.165, 1.54) is 21.7 Å². The molecule has 1 heterocycles. The molecule has 0 saturated heterocycles. The van der Waals surface area contributed by atoms with Crippen LogP contribution in [0.2, 0.25) is 0 Å². The highest BCUT2D eigenvalue weighted by atomic mass is 32.1. The summed E-state index contributed by atoms with van der Waals surface area (Å²) in [4.78, 5) is 1.47. The maximum atomic E-state index is 4.85. The molecule has 3 heteroatoms. The number of thiophene rings is 1. The second-order valence-corrected chi connectivity index (χ2v) is 5.06. The first-order chi connectivity index (χ1) is 8.71. The Morgan fingerprint density at radius 2 is 1.78 bits per heavy atom. The first-order valence-electron chi connectivity index (χ1n) is 6.21. The summed E-state index contributed by atoms with van der Waals surface area (Å²) in [7, 11) is 1.94. The molecule has 0 fully saturated rings. The molecule has 0 aliphatic rings. The minimum atomic E-state index is 0.750. The highest BCUT2D eigenvalue weighted by Crippen LogP contribution is 2.20. The highest BCUT2D eigenvalue weighted by molar-refractivity contribution is 7.10. The molecule has 0 aliphatic heterocycles. The van der Waals surface area contributed by atoms with Crippen molar-refractivity contribution >= 4 is 17.0 Å². The van der Waals surface area contributed by atoms with Gasteiger partial charge in [-0.25, -0.2) is 0 Å². The molecular weight excluding hydrogens is 240 g/mol. The Bertz CT molecular complexity index is 446. The smallest absolute Gasteiger partial charge is 0.0337 e. The van der Waals surface area contributed by atoms with Gasteiger partial charge >= 0.3 is 0 Å². The molecular formula is C15H22N2S. The van der Waals surface area contributed by atoms with E-state index < -0.39 is 0 Å². The summed E-state index contributed by atoms with van der Waals surface area (Å²) < 4.78 is 0. The lowest BCUT2D eigenvalue weighted by Gasteiger charge is -2.03. The zero-order valence-electron chi connectivity index (χ0n) is 11.4. The van der Waals surface area contributed by atoms with Gasteiger partial charge in [-0.05, 0) is 48.2 Å². The molecule has 3 N–H and O–H groups in total. The Morgan fingerprint density at radius 3 is 2.22 bits per heavy atom. The number of rotatable bonds is 3. The molecule has 1 aromatic carbocycles. The fourth-order valence-electron chi connectivity index (χ4n) is 1.56. The van der Waals surface area contributed by atoms with Crippen molar-refractivity contribution in [3.63, 3.8) is 0 Å². The van der Waals surface area contributed by atoms with Crippen LogP contribution in [-0.4, -0.2) is 13.6 Å². The molecule has 1 aromatic heterocycles. The van der Waals surface area contributed by atoms with Crippen LogP contribution in [0.3, 0.4) is 0 Å². The molecule has 0 atom stereocenters. The Hall–Kier alpha value is -1.32. The Labute approximate surface area is 114 Å². The van der Waals surface area contributed by atoms with Gasteiger partial charge in [-0.1, -0.05) is 19.1 Å². The van der Waals surface area contributed by atoms with Gasteiger partial charge in [0.15, 0.2) is 0 Å². The van der Waals surface area contributed by atoms with Gasteiger partial charge in [-0.2, -0.15) is 0 Å². The highest BCUT2D eigenvalue weighted by Gasteiger charge is 2.01. The van der Waals surface area contributed by atoms with Crippen LogP contribution in [0.5, 0.6) is 0 Å². The third kappa shape index (κ3) is 4.51.